The van der Waals surface area contributed by atoms with Crippen LogP contribution in [-0.2, 0) is 11.2 Å². The molecule has 1 aliphatic carbocycles. The van der Waals surface area contributed by atoms with E-state index in [0.717, 1.165) is 50.0 Å². The van der Waals surface area contributed by atoms with Crippen LogP contribution in [0.2, 0.25) is 0 Å². The molecule has 0 saturated heterocycles. The van der Waals surface area contributed by atoms with E-state index in [1.165, 1.54) is 23.1 Å². The molecule has 34 heavy (non-hydrogen) atoms. The molecule has 0 aromatic heterocycles. The Balaban J connectivity index is 0.000000340. The van der Waals surface area contributed by atoms with Crippen LogP contribution >= 0.6 is 0 Å². The molecule has 1 amide bonds. The van der Waals surface area contributed by atoms with Crippen LogP contribution in [0, 0.1) is 31.6 Å². The van der Waals surface area contributed by atoms with Crippen LogP contribution in [0.15, 0.2) is 33.9 Å². The minimum Gasteiger partial charge on any atom is -0.366 e. The molecule has 2 rings (SSSR count). The van der Waals surface area contributed by atoms with Gasteiger partial charge in [-0.15, -0.1) is 0 Å². The van der Waals surface area contributed by atoms with Crippen LogP contribution in [0.1, 0.15) is 76.5 Å². The van der Waals surface area contributed by atoms with Crippen molar-refractivity contribution in [2.45, 2.75) is 80.1 Å². The highest BCUT2D eigenvalue weighted by molar-refractivity contribution is 5.78. The summed E-state index contributed by atoms with van der Waals surface area (Å²) in [5, 5.41) is 2.74. The molecule has 1 fully saturated rings. The summed E-state index contributed by atoms with van der Waals surface area (Å²) < 4.78 is 0. The Morgan fingerprint density at radius 2 is 1.76 bits per heavy atom. The van der Waals surface area contributed by atoms with Crippen molar-refractivity contribution in [2.75, 3.05) is 20.6 Å². The first-order chi connectivity index (χ1) is 16.2. The number of carbonyl (C=O) groups excluding carboxylic acids is 1. The molecular weight excluding hydrogens is 420 g/mol. The van der Waals surface area contributed by atoms with Gasteiger partial charge in [0, 0.05) is 38.2 Å². The number of aliphatic imine (C=N–C) groups is 2. The maximum absolute atomic E-state index is 11.5. The summed E-state index contributed by atoms with van der Waals surface area (Å²) in [6.45, 7) is 17.6. The van der Waals surface area contributed by atoms with Crippen LogP contribution in [0.25, 0.3) is 0 Å². The van der Waals surface area contributed by atoms with Crippen LogP contribution in [0.4, 0.5) is 5.69 Å². The number of aryl methyl sites for hydroxylation is 3. The summed E-state index contributed by atoms with van der Waals surface area (Å²) in [5.41, 5.74) is 6.27. The molecule has 5 heteroatoms. The first-order valence-electron chi connectivity index (χ1n) is 12.9. The average molecular weight is 469 g/mol. The fourth-order valence-electron chi connectivity index (χ4n) is 4.30. The van der Waals surface area contributed by atoms with Crippen molar-refractivity contribution in [3.8, 4) is 0 Å². The monoisotopic (exact) mass is 468 g/mol. The number of benzene rings is 1. The van der Waals surface area contributed by atoms with E-state index >= 15 is 0 Å². The molecule has 0 radical (unpaired) electrons. The number of carbonyl (C=O) groups is 1. The Kier molecular flexibility index (Phi) is 13.5. The number of nitrogens with one attached hydrogen (secondary N) is 1. The number of allylic oxidation sites excluding steroid dienone is 2. The molecule has 1 aromatic rings. The third-order valence-corrected chi connectivity index (χ3v) is 6.52. The molecule has 0 atom stereocenters. The van der Waals surface area contributed by atoms with Crippen molar-refractivity contribution >= 4 is 24.7 Å². The quantitative estimate of drug-likeness (QED) is 0.326. The van der Waals surface area contributed by atoms with Gasteiger partial charge in [-0.2, -0.15) is 0 Å². The van der Waals surface area contributed by atoms with Gasteiger partial charge in [-0.25, -0.2) is 4.99 Å². The smallest absolute Gasteiger partial charge is 0.222 e. The van der Waals surface area contributed by atoms with Gasteiger partial charge in [-0.3, -0.25) is 9.79 Å². The second kappa shape index (κ2) is 15.5. The van der Waals surface area contributed by atoms with Crippen LogP contribution in [0.5, 0.6) is 0 Å². The molecule has 0 spiro atoms. The fourth-order valence-corrected chi connectivity index (χ4v) is 4.30. The number of amides is 1. The molecule has 1 N–H and O–H groups in total. The van der Waals surface area contributed by atoms with Crippen molar-refractivity contribution in [3.05, 3.63) is 40.6 Å². The van der Waals surface area contributed by atoms with Crippen LogP contribution < -0.4 is 5.32 Å². The zero-order chi connectivity index (χ0) is 25.7. The maximum Gasteiger partial charge on any atom is 0.222 e. The van der Waals surface area contributed by atoms with E-state index in [4.69, 9.17) is 0 Å². The lowest BCUT2D eigenvalue weighted by molar-refractivity contribution is -0.125. The van der Waals surface area contributed by atoms with Crippen molar-refractivity contribution in [2.24, 2.45) is 27.7 Å². The first kappa shape index (κ1) is 29.6. The highest BCUT2D eigenvalue weighted by atomic mass is 16.1. The minimum absolute atomic E-state index is 0.185. The third kappa shape index (κ3) is 9.82. The molecule has 0 bridgehead atoms. The zero-order valence-electron chi connectivity index (χ0n) is 22.9. The van der Waals surface area contributed by atoms with Crippen LogP contribution in [0.3, 0.4) is 0 Å². The van der Waals surface area contributed by atoms with E-state index in [-0.39, 0.29) is 11.8 Å². The number of hydrogen-bond acceptors (Lipinski definition) is 3. The van der Waals surface area contributed by atoms with E-state index in [1.54, 1.807) is 7.05 Å². The molecule has 0 unspecified atom stereocenters. The number of hydrogen-bond donors (Lipinski definition) is 1. The van der Waals surface area contributed by atoms with E-state index in [2.05, 4.69) is 86.7 Å². The van der Waals surface area contributed by atoms with Crippen molar-refractivity contribution in [3.63, 3.8) is 0 Å². The molecule has 1 aliphatic rings. The lowest BCUT2D eigenvalue weighted by Crippen LogP contribution is -2.30. The Hall–Kier alpha value is -2.43. The molecule has 5 nitrogen and oxygen atoms in total. The van der Waals surface area contributed by atoms with Gasteiger partial charge < -0.3 is 10.2 Å². The second-order valence-electron chi connectivity index (χ2n) is 9.79. The Bertz CT molecular complexity index is 833. The SMILES string of the molecule is C=N/C(=C\C(C)C)C1CCC(C(=O)NC)CC1.CCCc1cc(C)c(N=CN(C)CC)cc1C. The van der Waals surface area contributed by atoms with E-state index in [1.807, 2.05) is 13.4 Å². The van der Waals surface area contributed by atoms with Gasteiger partial charge in [0.1, 0.15) is 0 Å². The van der Waals surface area contributed by atoms with Gasteiger partial charge >= 0.3 is 0 Å². The lowest BCUT2D eigenvalue weighted by Gasteiger charge is -2.27. The van der Waals surface area contributed by atoms with E-state index in [0.29, 0.717) is 11.8 Å². The summed E-state index contributed by atoms with van der Waals surface area (Å²) in [6, 6.07) is 4.47. The van der Waals surface area contributed by atoms with E-state index in [9.17, 15) is 4.79 Å². The molecule has 0 heterocycles. The minimum atomic E-state index is 0.185. The van der Waals surface area contributed by atoms with Gasteiger partial charge in [-0.1, -0.05) is 39.3 Å². The summed E-state index contributed by atoms with van der Waals surface area (Å²) in [5.74, 6) is 1.38. The summed E-state index contributed by atoms with van der Waals surface area (Å²) in [7, 11) is 3.75. The van der Waals surface area contributed by atoms with Gasteiger partial charge in [-0.05, 0) is 88.3 Å². The van der Waals surface area contributed by atoms with Gasteiger partial charge in [0.2, 0.25) is 5.91 Å². The largest absolute Gasteiger partial charge is 0.366 e. The lowest BCUT2D eigenvalue weighted by atomic mass is 9.79. The molecular formula is C29H48N4O. The summed E-state index contributed by atoms with van der Waals surface area (Å²) >= 11 is 0. The molecule has 1 saturated carbocycles. The fraction of sp³-hybridized carbons (Fsp3) is 0.621. The predicted molar refractivity (Wildman–Crippen MR) is 148 cm³/mol. The van der Waals surface area contributed by atoms with Gasteiger partial charge in [0.05, 0.1) is 12.0 Å². The average Bonchev–Trinajstić information content (AvgIpc) is 2.83. The molecule has 190 valence electrons. The summed E-state index contributed by atoms with van der Waals surface area (Å²) in [6.07, 6.45) is 10.5. The Labute approximate surface area is 208 Å². The number of rotatable bonds is 9. The molecule has 1 aromatic carbocycles. The highest BCUT2D eigenvalue weighted by Gasteiger charge is 2.27. The van der Waals surface area contributed by atoms with Crippen molar-refractivity contribution < 1.29 is 4.79 Å². The predicted octanol–water partition coefficient (Wildman–Crippen LogP) is 6.65. The highest BCUT2D eigenvalue weighted by Crippen LogP contribution is 2.34. The molecule has 0 aliphatic heterocycles. The van der Waals surface area contributed by atoms with Crippen LogP contribution in [-0.4, -0.2) is 44.5 Å². The zero-order valence-corrected chi connectivity index (χ0v) is 22.9. The van der Waals surface area contributed by atoms with Crippen molar-refractivity contribution in [1.82, 2.24) is 10.2 Å². The topological polar surface area (TPSA) is 57.1 Å². The van der Waals surface area contributed by atoms with Gasteiger partial charge in [0.25, 0.3) is 0 Å². The van der Waals surface area contributed by atoms with Gasteiger partial charge in [0.15, 0.2) is 0 Å². The number of nitrogens with zero attached hydrogens (tertiary/aromatic N) is 3. The summed E-state index contributed by atoms with van der Waals surface area (Å²) in [4.78, 5) is 22.3. The second-order valence-corrected chi connectivity index (χ2v) is 9.79. The Morgan fingerprint density at radius 3 is 2.26 bits per heavy atom. The maximum atomic E-state index is 11.5. The third-order valence-electron chi connectivity index (χ3n) is 6.52. The van der Waals surface area contributed by atoms with Crippen molar-refractivity contribution in [1.29, 1.82) is 0 Å². The standard InChI is InChI=1S/C15H24N2.C14H24N2O/c1-6-8-14-9-13(4)15(10-12(14)3)16-11-17(5)7-2;1-10(2)9-13(15-3)11-5-7-12(8-6-11)14(17)16-4/h9-11H,6-8H2,1-5H3;9-12H,3,5-8H2,1-2,4H3,(H,16,17)/b;13-9-. The Morgan fingerprint density at radius 1 is 1.15 bits per heavy atom. The van der Waals surface area contributed by atoms with E-state index < -0.39 is 0 Å². The first-order valence-corrected chi connectivity index (χ1v) is 12.9. The normalized spacial score (nSPS) is 18.4.